The third kappa shape index (κ3) is 2.89. The van der Waals surface area contributed by atoms with Crippen molar-refractivity contribution in [2.45, 2.75) is 6.04 Å². The summed E-state index contributed by atoms with van der Waals surface area (Å²) in [7, 11) is 1.38. The first-order valence-electron chi connectivity index (χ1n) is 8.20. The molecule has 0 unspecified atom stereocenters. The second kappa shape index (κ2) is 6.93. The topological polar surface area (TPSA) is 69.5 Å². The van der Waals surface area contributed by atoms with Gasteiger partial charge in [0.25, 0.3) is 0 Å². The highest BCUT2D eigenvalue weighted by molar-refractivity contribution is 6.30. The molecule has 0 saturated carbocycles. The molecule has 1 saturated heterocycles. The van der Waals surface area contributed by atoms with Crippen molar-refractivity contribution >= 4 is 34.3 Å². The maximum atomic E-state index is 12.2. The number of pyridine rings is 1. The van der Waals surface area contributed by atoms with Crippen molar-refractivity contribution in [1.29, 1.82) is 0 Å². The van der Waals surface area contributed by atoms with Crippen molar-refractivity contribution in [2.75, 3.05) is 31.8 Å². The van der Waals surface area contributed by atoms with Crippen LogP contribution in [0, 0.1) is 0 Å². The molecule has 3 heterocycles. The predicted molar refractivity (Wildman–Crippen MR) is 97.8 cm³/mol. The van der Waals surface area contributed by atoms with Gasteiger partial charge < -0.3 is 14.4 Å². The van der Waals surface area contributed by atoms with E-state index >= 15 is 0 Å². The van der Waals surface area contributed by atoms with Gasteiger partial charge in [0, 0.05) is 23.2 Å². The zero-order valence-corrected chi connectivity index (χ0v) is 14.9. The average molecular weight is 373 g/mol. The lowest BCUT2D eigenvalue weighted by molar-refractivity contribution is -0.144. The number of nitrogens with zero attached hydrogens (tertiary/aromatic N) is 4. The van der Waals surface area contributed by atoms with E-state index in [1.54, 1.807) is 17.1 Å². The number of carbonyl (C=O) groups is 1. The number of methoxy groups -OCH3 is 1. The molecular formula is C18H17ClN4O3. The molecule has 1 aromatic carbocycles. The second-order valence-electron chi connectivity index (χ2n) is 5.91. The van der Waals surface area contributed by atoms with Crippen LogP contribution in [0.15, 0.2) is 42.7 Å². The fraction of sp³-hybridized carbons (Fsp3) is 0.278. The van der Waals surface area contributed by atoms with E-state index in [0.29, 0.717) is 24.0 Å². The Balaban J connectivity index is 1.85. The summed E-state index contributed by atoms with van der Waals surface area (Å²) in [5.74, 6) is 0.365. The third-order valence-electron chi connectivity index (χ3n) is 4.41. The van der Waals surface area contributed by atoms with E-state index in [1.807, 2.05) is 35.2 Å². The van der Waals surface area contributed by atoms with Crippen LogP contribution in [0.4, 0.5) is 5.82 Å². The number of esters is 1. The van der Waals surface area contributed by atoms with Crippen LogP contribution < -0.4 is 4.90 Å². The van der Waals surface area contributed by atoms with Gasteiger partial charge in [-0.25, -0.2) is 9.48 Å². The van der Waals surface area contributed by atoms with Crippen LogP contribution in [0.5, 0.6) is 0 Å². The van der Waals surface area contributed by atoms with Crippen LogP contribution in [-0.4, -0.2) is 53.6 Å². The van der Waals surface area contributed by atoms with E-state index in [2.05, 4.69) is 4.98 Å². The lowest BCUT2D eigenvalue weighted by Gasteiger charge is -2.33. The number of anilines is 1. The summed E-state index contributed by atoms with van der Waals surface area (Å²) in [5.41, 5.74) is 1.71. The molecule has 1 aliphatic heterocycles. The van der Waals surface area contributed by atoms with Gasteiger partial charge in [-0.2, -0.15) is 0 Å². The van der Waals surface area contributed by atoms with Crippen molar-refractivity contribution in [1.82, 2.24) is 14.8 Å². The highest BCUT2D eigenvalue weighted by Gasteiger charge is 2.33. The normalized spacial score (nSPS) is 17.5. The van der Waals surface area contributed by atoms with E-state index in [4.69, 9.17) is 26.2 Å². The smallest absolute Gasteiger partial charge is 0.330 e. The molecule has 0 aliphatic carbocycles. The molecule has 0 N–H and O–H groups in total. The van der Waals surface area contributed by atoms with Crippen LogP contribution in [0.3, 0.4) is 0 Å². The molecule has 26 heavy (non-hydrogen) atoms. The number of benzene rings is 1. The quantitative estimate of drug-likeness (QED) is 0.658. The molecule has 0 amide bonds. The van der Waals surface area contributed by atoms with Gasteiger partial charge in [0.1, 0.15) is 0 Å². The van der Waals surface area contributed by atoms with E-state index in [1.165, 1.54) is 7.11 Å². The Hall–Kier alpha value is -2.64. The van der Waals surface area contributed by atoms with E-state index in [0.717, 1.165) is 16.6 Å². The molecular weight excluding hydrogens is 356 g/mol. The van der Waals surface area contributed by atoms with Gasteiger partial charge in [-0.05, 0) is 30.3 Å². The highest BCUT2D eigenvalue weighted by Crippen LogP contribution is 2.30. The number of aromatic nitrogens is 3. The summed E-state index contributed by atoms with van der Waals surface area (Å²) in [6, 6.07) is 8.77. The largest absolute Gasteiger partial charge is 0.467 e. The van der Waals surface area contributed by atoms with E-state index in [-0.39, 0.29) is 12.6 Å². The van der Waals surface area contributed by atoms with Gasteiger partial charge in [-0.15, -0.1) is 5.10 Å². The Morgan fingerprint density at radius 3 is 2.88 bits per heavy atom. The summed E-state index contributed by atoms with van der Waals surface area (Å²) >= 11 is 6.00. The number of carbonyl (C=O) groups excluding carboxylic acids is 1. The van der Waals surface area contributed by atoms with Gasteiger partial charge >= 0.3 is 5.97 Å². The SMILES string of the molecule is COC(=O)[C@@H]1COCCN1c1nn(-c2ccc(Cl)cc2)c2cnccc12. The van der Waals surface area contributed by atoms with Crippen LogP contribution in [0.25, 0.3) is 16.6 Å². The maximum Gasteiger partial charge on any atom is 0.330 e. The number of rotatable bonds is 3. The molecule has 2 aromatic heterocycles. The van der Waals surface area contributed by atoms with Crippen LogP contribution >= 0.6 is 11.6 Å². The molecule has 7 nitrogen and oxygen atoms in total. The van der Waals surface area contributed by atoms with Gasteiger partial charge in [-0.1, -0.05) is 11.6 Å². The molecule has 8 heteroatoms. The Labute approximate surface area is 155 Å². The summed E-state index contributed by atoms with van der Waals surface area (Å²) in [6.07, 6.45) is 3.47. The molecule has 1 aliphatic rings. The van der Waals surface area contributed by atoms with Crippen molar-refractivity contribution in [3.8, 4) is 5.69 Å². The summed E-state index contributed by atoms with van der Waals surface area (Å²) in [6.45, 7) is 1.34. The number of hydrogen-bond acceptors (Lipinski definition) is 6. The van der Waals surface area contributed by atoms with Crippen molar-refractivity contribution in [3.05, 3.63) is 47.7 Å². The Kier molecular flexibility index (Phi) is 4.48. The van der Waals surface area contributed by atoms with Crippen molar-refractivity contribution in [3.63, 3.8) is 0 Å². The Morgan fingerprint density at radius 1 is 1.31 bits per heavy atom. The molecule has 4 rings (SSSR count). The lowest BCUT2D eigenvalue weighted by Crippen LogP contribution is -2.50. The highest BCUT2D eigenvalue weighted by atomic mass is 35.5. The van der Waals surface area contributed by atoms with Gasteiger partial charge in [0.05, 0.1) is 37.7 Å². The Morgan fingerprint density at radius 2 is 2.12 bits per heavy atom. The van der Waals surface area contributed by atoms with Crippen molar-refractivity contribution in [2.24, 2.45) is 0 Å². The summed E-state index contributed by atoms with van der Waals surface area (Å²) < 4.78 is 12.2. The molecule has 1 atom stereocenters. The third-order valence-corrected chi connectivity index (χ3v) is 4.66. The van der Waals surface area contributed by atoms with Crippen molar-refractivity contribution < 1.29 is 14.3 Å². The first-order chi connectivity index (χ1) is 12.7. The number of hydrogen-bond donors (Lipinski definition) is 0. The minimum absolute atomic E-state index is 0.271. The standard InChI is InChI=1S/C18H17ClN4O3/c1-25-18(24)16-11-26-9-8-22(16)17-14-6-7-20-10-15(14)23(21-17)13-4-2-12(19)3-5-13/h2-7,10,16H,8-9,11H2,1H3/t16-/m0/s1. The molecule has 0 bridgehead atoms. The van der Waals surface area contributed by atoms with E-state index < -0.39 is 6.04 Å². The van der Waals surface area contributed by atoms with Crippen LogP contribution in [0.1, 0.15) is 0 Å². The maximum absolute atomic E-state index is 12.2. The Bertz CT molecular complexity index is 941. The predicted octanol–water partition coefficient (Wildman–Crippen LogP) is 2.45. The average Bonchev–Trinajstić information content (AvgIpc) is 3.07. The van der Waals surface area contributed by atoms with Gasteiger partial charge in [0.2, 0.25) is 0 Å². The second-order valence-corrected chi connectivity index (χ2v) is 6.35. The fourth-order valence-corrected chi connectivity index (χ4v) is 3.25. The zero-order chi connectivity index (χ0) is 18.1. The molecule has 0 spiro atoms. The summed E-state index contributed by atoms with van der Waals surface area (Å²) in [5, 5.41) is 6.34. The van der Waals surface area contributed by atoms with Crippen LogP contribution in [-0.2, 0) is 14.3 Å². The molecule has 1 fully saturated rings. The van der Waals surface area contributed by atoms with Gasteiger partial charge in [0.15, 0.2) is 11.9 Å². The fourth-order valence-electron chi connectivity index (χ4n) is 3.13. The first-order valence-corrected chi connectivity index (χ1v) is 8.58. The number of ether oxygens (including phenoxy) is 2. The minimum Gasteiger partial charge on any atom is -0.467 e. The monoisotopic (exact) mass is 372 g/mol. The lowest BCUT2D eigenvalue weighted by atomic mass is 10.2. The molecule has 134 valence electrons. The van der Waals surface area contributed by atoms with Gasteiger partial charge in [-0.3, -0.25) is 4.98 Å². The number of halogens is 1. The number of morpholine rings is 1. The van der Waals surface area contributed by atoms with E-state index in [9.17, 15) is 4.79 Å². The van der Waals surface area contributed by atoms with Crippen LogP contribution in [0.2, 0.25) is 5.02 Å². The minimum atomic E-state index is -0.529. The summed E-state index contributed by atoms with van der Waals surface area (Å²) in [4.78, 5) is 18.4. The molecule has 3 aromatic rings. The zero-order valence-electron chi connectivity index (χ0n) is 14.1. The first kappa shape index (κ1) is 16.8. The molecule has 0 radical (unpaired) electrons. The number of fused-ring (bicyclic) bond motifs is 1.